The molecule has 1 atom stereocenters. The van der Waals surface area contributed by atoms with Gasteiger partial charge in [-0.1, -0.05) is 30.3 Å². The maximum absolute atomic E-state index is 10.4. The second-order valence-electron chi connectivity index (χ2n) is 4.77. The number of likely N-dealkylation sites (tertiary alicyclic amines) is 1. The maximum Gasteiger partial charge on any atom is 0.746 e. The van der Waals surface area contributed by atoms with Gasteiger partial charge in [0.15, 0.2) is 6.26 Å². The molecule has 1 N–H and O–H groups in total. The molecule has 1 aliphatic rings. The van der Waals surface area contributed by atoms with Crippen LogP contribution >= 0.6 is 8.25 Å². The van der Waals surface area contributed by atoms with Crippen LogP contribution in [0, 0.1) is 5.92 Å². The van der Waals surface area contributed by atoms with Crippen LogP contribution in [0.15, 0.2) is 42.7 Å². The Morgan fingerprint density at radius 3 is 2.63 bits per heavy atom. The van der Waals surface area contributed by atoms with Crippen LogP contribution in [0.2, 0.25) is 0 Å². The molecule has 19 heavy (non-hydrogen) atoms. The lowest BCUT2D eigenvalue weighted by Crippen LogP contribution is -2.32. The molecule has 4 nitrogen and oxygen atoms in total. The first-order chi connectivity index (χ1) is 9.24. The molecule has 0 saturated carbocycles. The lowest BCUT2D eigenvalue weighted by atomic mass is 9.96. The van der Waals surface area contributed by atoms with E-state index in [1.165, 1.54) is 11.8 Å². The highest BCUT2D eigenvalue weighted by atomic mass is 31.1. The molecule has 1 fully saturated rings. The van der Waals surface area contributed by atoms with Crippen molar-refractivity contribution in [2.75, 3.05) is 13.1 Å². The third kappa shape index (κ3) is 5.11. The third-order valence-electron chi connectivity index (χ3n) is 3.38. The van der Waals surface area contributed by atoms with Gasteiger partial charge in [0.1, 0.15) is 0 Å². The van der Waals surface area contributed by atoms with Gasteiger partial charge in [-0.3, -0.25) is 4.90 Å². The van der Waals surface area contributed by atoms with Crippen LogP contribution in [-0.2, 0) is 15.6 Å². The van der Waals surface area contributed by atoms with E-state index in [9.17, 15) is 4.57 Å². The van der Waals surface area contributed by atoms with Gasteiger partial charge >= 0.3 is 8.25 Å². The first kappa shape index (κ1) is 14.2. The van der Waals surface area contributed by atoms with Crippen molar-refractivity contribution < 1.29 is 14.0 Å². The molecule has 1 aromatic carbocycles. The van der Waals surface area contributed by atoms with Crippen LogP contribution in [0.1, 0.15) is 18.4 Å². The van der Waals surface area contributed by atoms with Gasteiger partial charge in [0.05, 0.1) is 0 Å². The second-order valence-corrected chi connectivity index (χ2v) is 5.46. The minimum absolute atomic E-state index is 0.446. The van der Waals surface area contributed by atoms with Crippen molar-refractivity contribution in [3.63, 3.8) is 0 Å². The van der Waals surface area contributed by atoms with E-state index < -0.39 is 8.25 Å². The van der Waals surface area contributed by atoms with E-state index in [-0.39, 0.29) is 0 Å². The number of piperidine rings is 1. The number of hydrogen-bond donors (Lipinski definition) is 1. The number of hydrogen-bond acceptors (Lipinski definition) is 3. The Morgan fingerprint density at radius 2 is 2.00 bits per heavy atom. The van der Waals surface area contributed by atoms with Crippen LogP contribution in [0.3, 0.4) is 0 Å². The summed E-state index contributed by atoms with van der Waals surface area (Å²) in [6.45, 7) is 3.10. The molecule has 0 amide bonds. The van der Waals surface area contributed by atoms with Crippen LogP contribution in [-0.4, -0.2) is 22.9 Å². The molecule has 5 heteroatoms. The van der Waals surface area contributed by atoms with E-state index in [1.54, 1.807) is 0 Å². The average molecular weight is 280 g/mol. The summed E-state index contributed by atoms with van der Waals surface area (Å²) in [6, 6.07) is 10.5. The van der Waals surface area contributed by atoms with E-state index in [2.05, 4.69) is 33.7 Å². The number of allylic oxidation sites excluding steroid dienone is 1. The van der Waals surface area contributed by atoms with E-state index in [0.717, 1.165) is 32.5 Å². The first-order valence-electron chi connectivity index (χ1n) is 6.50. The zero-order chi connectivity index (χ0) is 13.5. The zero-order valence-corrected chi connectivity index (χ0v) is 11.7. The van der Waals surface area contributed by atoms with Crippen molar-refractivity contribution in [3.05, 3.63) is 48.2 Å². The van der Waals surface area contributed by atoms with E-state index >= 15 is 0 Å². The Kier molecular flexibility index (Phi) is 5.52. The Balaban J connectivity index is 1.73. The smallest absolute Gasteiger partial charge is 0.299 e. The molecule has 1 unspecified atom stereocenters. The molecule has 102 valence electrons. The summed E-state index contributed by atoms with van der Waals surface area (Å²) < 4.78 is 14.9. The predicted octanol–water partition coefficient (Wildman–Crippen LogP) is 3.08. The lowest BCUT2D eigenvalue weighted by Gasteiger charge is -2.30. The molecular formula is C14H19NO3P+. The van der Waals surface area contributed by atoms with Crippen molar-refractivity contribution in [2.24, 2.45) is 5.92 Å². The summed E-state index contributed by atoms with van der Waals surface area (Å²) in [6.07, 6.45) is 5.38. The van der Waals surface area contributed by atoms with Crippen molar-refractivity contribution >= 4 is 8.25 Å². The molecule has 1 aromatic rings. The Morgan fingerprint density at radius 1 is 1.32 bits per heavy atom. The van der Waals surface area contributed by atoms with E-state index in [4.69, 9.17) is 4.89 Å². The number of benzene rings is 1. The summed E-state index contributed by atoms with van der Waals surface area (Å²) >= 11 is 0. The highest BCUT2D eigenvalue weighted by Gasteiger charge is 2.18. The zero-order valence-electron chi connectivity index (χ0n) is 10.8. The van der Waals surface area contributed by atoms with E-state index in [0.29, 0.717) is 5.92 Å². The molecule has 1 saturated heterocycles. The summed E-state index contributed by atoms with van der Waals surface area (Å²) in [5.41, 5.74) is 1.34. The van der Waals surface area contributed by atoms with Gasteiger partial charge in [-0.15, -0.1) is 4.89 Å². The Labute approximate surface area is 114 Å². The van der Waals surface area contributed by atoms with Crippen molar-refractivity contribution in [1.29, 1.82) is 0 Å². The van der Waals surface area contributed by atoms with Gasteiger partial charge in [0, 0.05) is 11.1 Å². The summed E-state index contributed by atoms with van der Waals surface area (Å²) in [4.78, 5) is 11.0. The summed E-state index contributed by atoms with van der Waals surface area (Å²) in [5, 5.41) is 0. The van der Waals surface area contributed by atoms with Gasteiger partial charge < -0.3 is 0 Å². The fraction of sp³-hybridized carbons (Fsp3) is 0.429. The average Bonchev–Trinajstić information content (AvgIpc) is 2.42. The quantitative estimate of drug-likeness (QED) is 0.665. The van der Waals surface area contributed by atoms with Gasteiger partial charge in [0.25, 0.3) is 0 Å². The Hall–Kier alpha value is -1.22. The standard InChI is InChI=1S/C14H18NO3P/c16-19(17)18-11-8-13-6-9-15(10-7-13)12-14-4-2-1-3-5-14/h1-5,8,11,13H,6-7,9-10,12H2/p+1/b11-8+. The van der Waals surface area contributed by atoms with Crippen LogP contribution in [0.5, 0.6) is 0 Å². The fourth-order valence-corrected chi connectivity index (χ4v) is 2.52. The molecule has 1 heterocycles. The van der Waals surface area contributed by atoms with Crippen molar-refractivity contribution in [2.45, 2.75) is 19.4 Å². The SMILES string of the molecule is O=[P+](O)O/C=C/C1CCN(Cc2ccccc2)CC1. The highest BCUT2D eigenvalue weighted by molar-refractivity contribution is 7.32. The molecule has 1 aliphatic heterocycles. The first-order valence-corrected chi connectivity index (χ1v) is 7.63. The van der Waals surface area contributed by atoms with Gasteiger partial charge in [0.2, 0.25) is 0 Å². The highest BCUT2D eigenvalue weighted by Crippen LogP contribution is 2.22. The van der Waals surface area contributed by atoms with Crippen molar-refractivity contribution in [3.8, 4) is 0 Å². The molecule has 0 aliphatic carbocycles. The summed E-state index contributed by atoms with van der Waals surface area (Å²) in [5.74, 6) is 0.446. The number of rotatable bonds is 5. The van der Waals surface area contributed by atoms with Crippen LogP contribution in [0.4, 0.5) is 0 Å². The largest absolute Gasteiger partial charge is 0.746 e. The predicted molar refractivity (Wildman–Crippen MR) is 74.5 cm³/mol. The number of nitrogens with zero attached hydrogens (tertiary/aromatic N) is 1. The van der Waals surface area contributed by atoms with E-state index in [1.807, 2.05) is 12.1 Å². The molecule has 0 radical (unpaired) electrons. The maximum atomic E-state index is 10.4. The molecule has 0 aromatic heterocycles. The lowest BCUT2D eigenvalue weighted by molar-refractivity contribution is 0.195. The summed E-state index contributed by atoms with van der Waals surface area (Å²) in [7, 11) is -2.52. The monoisotopic (exact) mass is 280 g/mol. The van der Waals surface area contributed by atoms with Crippen LogP contribution < -0.4 is 0 Å². The third-order valence-corrected chi connectivity index (χ3v) is 3.69. The normalized spacial score (nSPS) is 18.7. The molecule has 2 rings (SSSR count). The van der Waals surface area contributed by atoms with Gasteiger partial charge in [-0.25, -0.2) is 4.52 Å². The van der Waals surface area contributed by atoms with Gasteiger partial charge in [-0.2, -0.15) is 0 Å². The van der Waals surface area contributed by atoms with Crippen LogP contribution in [0.25, 0.3) is 0 Å². The van der Waals surface area contributed by atoms with Gasteiger partial charge in [-0.05, 0) is 43.5 Å². The minimum atomic E-state index is -2.52. The van der Waals surface area contributed by atoms with Crippen molar-refractivity contribution in [1.82, 2.24) is 4.90 Å². The molecular weight excluding hydrogens is 261 g/mol. The minimum Gasteiger partial charge on any atom is -0.299 e. The fourth-order valence-electron chi connectivity index (χ4n) is 2.34. The second kappa shape index (κ2) is 7.39. The topological polar surface area (TPSA) is 49.8 Å². The Bertz CT molecular complexity index is 428. The molecule has 0 bridgehead atoms. The molecule has 0 spiro atoms.